The van der Waals surface area contributed by atoms with E-state index in [1.54, 1.807) is 0 Å². The van der Waals surface area contributed by atoms with E-state index in [4.69, 9.17) is 0 Å². The van der Waals surface area contributed by atoms with Gasteiger partial charge in [0.2, 0.25) is 0 Å². The smallest absolute Gasteiger partial charge is 0.0158 e. The van der Waals surface area contributed by atoms with Gasteiger partial charge in [-0.15, -0.1) is 24.8 Å². The fourth-order valence-electron chi connectivity index (χ4n) is 1.39. The zero-order valence-corrected chi connectivity index (χ0v) is 9.51. The lowest BCUT2D eigenvalue weighted by Gasteiger charge is -2.28. The summed E-state index contributed by atoms with van der Waals surface area (Å²) in [6, 6.07) is 0.595. The van der Waals surface area contributed by atoms with Crippen LogP contribution in [0.1, 0.15) is 33.1 Å². The van der Waals surface area contributed by atoms with Crippen LogP contribution in [0.2, 0.25) is 0 Å². The number of piperidine rings is 1. The van der Waals surface area contributed by atoms with Gasteiger partial charge in [-0.25, -0.2) is 5.01 Å². The molecule has 0 atom stereocenters. The summed E-state index contributed by atoms with van der Waals surface area (Å²) in [7, 11) is 0. The number of rotatable bonds is 2. The topological polar surface area (TPSA) is 15.3 Å². The maximum atomic E-state index is 3.42. The van der Waals surface area contributed by atoms with Crippen molar-refractivity contribution in [2.24, 2.45) is 0 Å². The molecule has 1 aliphatic heterocycles. The Morgan fingerprint density at radius 2 is 1.50 bits per heavy atom. The maximum Gasteiger partial charge on any atom is 0.0158 e. The molecule has 12 heavy (non-hydrogen) atoms. The molecular weight excluding hydrogens is 195 g/mol. The predicted octanol–water partition coefficient (Wildman–Crippen LogP) is 2.23. The van der Waals surface area contributed by atoms with Crippen LogP contribution in [0.3, 0.4) is 0 Å². The standard InChI is InChI=1S/C8H18N2.2ClH/c1-8(2)9-10-6-4-3-5-7-10;;/h8-9H,3-7H2,1-2H3;2*1H. The first-order chi connectivity index (χ1) is 4.79. The van der Waals surface area contributed by atoms with Gasteiger partial charge in [-0.1, -0.05) is 6.42 Å². The molecule has 76 valence electrons. The summed E-state index contributed by atoms with van der Waals surface area (Å²) in [5, 5.41) is 2.34. The monoisotopic (exact) mass is 214 g/mol. The van der Waals surface area contributed by atoms with Crippen molar-refractivity contribution in [2.45, 2.75) is 39.2 Å². The van der Waals surface area contributed by atoms with Gasteiger partial charge in [0.05, 0.1) is 0 Å². The van der Waals surface area contributed by atoms with Gasteiger partial charge in [0, 0.05) is 19.1 Å². The van der Waals surface area contributed by atoms with E-state index in [0.717, 1.165) is 0 Å². The average molecular weight is 215 g/mol. The molecule has 1 heterocycles. The largest absolute Gasteiger partial charge is 0.253 e. The normalized spacial score (nSPS) is 18.2. The van der Waals surface area contributed by atoms with Crippen LogP contribution in [-0.2, 0) is 0 Å². The van der Waals surface area contributed by atoms with Crippen molar-refractivity contribution in [2.75, 3.05) is 13.1 Å². The predicted molar refractivity (Wildman–Crippen MR) is 58.2 cm³/mol. The molecule has 1 saturated heterocycles. The minimum absolute atomic E-state index is 0. The highest BCUT2D eigenvalue weighted by Crippen LogP contribution is 2.05. The third-order valence-corrected chi connectivity index (χ3v) is 1.80. The average Bonchev–Trinajstić information content (AvgIpc) is 1.88. The Balaban J connectivity index is 0. The van der Waals surface area contributed by atoms with E-state index in [1.165, 1.54) is 32.4 Å². The molecule has 0 aromatic rings. The highest BCUT2D eigenvalue weighted by atomic mass is 35.5. The molecule has 1 N–H and O–H groups in total. The van der Waals surface area contributed by atoms with Crippen molar-refractivity contribution < 1.29 is 0 Å². The first kappa shape index (κ1) is 15.0. The van der Waals surface area contributed by atoms with Gasteiger partial charge < -0.3 is 0 Å². The number of hydrogen-bond donors (Lipinski definition) is 1. The van der Waals surface area contributed by atoms with Gasteiger partial charge in [-0.2, -0.15) is 0 Å². The first-order valence-corrected chi connectivity index (χ1v) is 4.30. The van der Waals surface area contributed by atoms with Crippen molar-refractivity contribution in [3.8, 4) is 0 Å². The van der Waals surface area contributed by atoms with Crippen molar-refractivity contribution in [1.82, 2.24) is 10.4 Å². The Bertz CT molecular complexity index is 93.1. The summed E-state index contributed by atoms with van der Waals surface area (Å²) < 4.78 is 0. The van der Waals surface area contributed by atoms with E-state index < -0.39 is 0 Å². The van der Waals surface area contributed by atoms with Crippen LogP contribution >= 0.6 is 24.8 Å². The zero-order valence-electron chi connectivity index (χ0n) is 7.88. The lowest BCUT2D eigenvalue weighted by molar-refractivity contribution is 0.137. The van der Waals surface area contributed by atoms with Gasteiger partial charge in [0.15, 0.2) is 0 Å². The molecule has 2 nitrogen and oxygen atoms in total. The lowest BCUT2D eigenvalue weighted by atomic mass is 10.2. The fraction of sp³-hybridized carbons (Fsp3) is 1.00. The van der Waals surface area contributed by atoms with Gasteiger partial charge in [-0.3, -0.25) is 5.43 Å². The Hall–Kier alpha value is 0.500. The summed E-state index contributed by atoms with van der Waals surface area (Å²) in [4.78, 5) is 0. The number of nitrogens with zero attached hydrogens (tertiary/aromatic N) is 1. The molecule has 0 aromatic carbocycles. The van der Waals surface area contributed by atoms with E-state index in [9.17, 15) is 0 Å². The van der Waals surface area contributed by atoms with Crippen LogP contribution in [0, 0.1) is 0 Å². The molecule has 1 rings (SSSR count). The molecule has 0 radical (unpaired) electrons. The van der Waals surface area contributed by atoms with E-state index in [2.05, 4.69) is 24.3 Å². The second-order valence-corrected chi connectivity index (χ2v) is 3.33. The van der Waals surface area contributed by atoms with E-state index in [1.807, 2.05) is 0 Å². The zero-order chi connectivity index (χ0) is 7.40. The van der Waals surface area contributed by atoms with Crippen LogP contribution in [0.5, 0.6) is 0 Å². The Morgan fingerprint density at radius 3 is 1.92 bits per heavy atom. The fourth-order valence-corrected chi connectivity index (χ4v) is 1.39. The van der Waals surface area contributed by atoms with Gasteiger partial charge >= 0.3 is 0 Å². The maximum absolute atomic E-state index is 3.42. The third kappa shape index (κ3) is 6.06. The van der Waals surface area contributed by atoms with Crippen molar-refractivity contribution in [1.29, 1.82) is 0 Å². The van der Waals surface area contributed by atoms with Crippen molar-refractivity contribution >= 4 is 24.8 Å². The summed E-state index contributed by atoms with van der Waals surface area (Å²) in [5.41, 5.74) is 3.42. The van der Waals surface area contributed by atoms with Crippen LogP contribution < -0.4 is 5.43 Å². The number of hydrogen-bond acceptors (Lipinski definition) is 2. The molecule has 0 aliphatic carbocycles. The number of hydrazine groups is 1. The van der Waals surface area contributed by atoms with E-state index in [0.29, 0.717) is 6.04 Å². The molecule has 4 heteroatoms. The molecule has 1 aliphatic rings. The van der Waals surface area contributed by atoms with Crippen LogP contribution in [0.25, 0.3) is 0 Å². The summed E-state index contributed by atoms with van der Waals surface area (Å²) in [6.45, 7) is 6.85. The van der Waals surface area contributed by atoms with E-state index in [-0.39, 0.29) is 24.8 Å². The summed E-state index contributed by atoms with van der Waals surface area (Å²) in [6.07, 6.45) is 4.13. The highest BCUT2D eigenvalue weighted by Gasteiger charge is 2.09. The Labute approximate surface area is 87.9 Å². The molecule has 0 saturated carbocycles. The van der Waals surface area contributed by atoms with Gasteiger partial charge in [-0.05, 0) is 26.7 Å². The quantitative estimate of drug-likeness (QED) is 0.759. The SMILES string of the molecule is CC(C)NN1CCCCC1.Cl.Cl. The first-order valence-electron chi connectivity index (χ1n) is 4.30. The minimum Gasteiger partial charge on any atom is -0.253 e. The highest BCUT2D eigenvalue weighted by molar-refractivity contribution is 5.85. The summed E-state index contributed by atoms with van der Waals surface area (Å²) >= 11 is 0. The van der Waals surface area contributed by atoms with Crippen molar-refractivity contribution in [3.05, 3.63) is 0 Å². The van der Waals surface area contributed by atoms with Crippen LogP contribution in [0.15, 0.2) is 0 Å². The van der Waals surface area contributed by atoms with Gasteiger partial charge in [0.25, 0.3) is 0 Å². The molecule has 0 amide bonds. The van der Waals surface area contributed by atoms with E-state index >= 15 is 0 Å². The van der Waals surface area contributed by atoms with Crippen LogP contribution in [0.4, 0.5) is 0 Å². The molecule has 0 unspecified atom stereocenters. The number of nitrogens with one attached hydrogen (secondary N) is 1. The molecule has 0 spiro atoms. The molecule has 0 bridgehead atoms. The second kappa shape index (κ2) is 8.11. The molecular formula is C8H20Cl2N2. The lowest BCUT2D eigenvalue weighted by Crippen LogP contribution is -2.45. The van der Waals surface area contributed by atoms with Gasteiger partial charge in [0.1, 0.15) is 0 Å². The molecule has 0 aromatic heterocycles. The van der Waals surface area contributed by atoms with Crippen molar-refractivity contribution in [3.63, 3.8) is 0 Å². The third-order valence-electron chi connectivity index (χ3n) is 1.80. The minimum atomic E-state index is 0. The number of halogens is 2. The molecule has 1 fully saturated rings. The Morgan fingerprint density at radius 1 is 1.00 bits per heavy atom. The Kier molecular flexibility index (Phi) is 10.1. The summed E-state index contributed by atoms with van der Waals surface area (Å²) in [5.74, 6) is 0. The van der Waals surface area contributed by atoms with Crippen LogP contribution in [-0.4, -0.2) is 24.1 Å². The second-order valence-electron chi connectivity index (χ2n) is 3.33.